The summed E-state index contributed by atoms with van der Waals surface area (Å²) in [5.74, 6) is 4.35. The number of nitrogens with two attached hydrogens (primary N) is 1. The van der Waals surface area contributed by atoms with Crippen molar-refractivity contribution in [3.05, 3.63) is 33.8 Å². The highest BCUT2D eigenvalue weighted by Gasteiger charge is 2.08. The minimum atomic E-state index is 0. The van der Waals surface area contributed by atoms with Gasteiger partial charge in [-0.3, -0.25) is 0 Å². The van der Waals surface area contributed by atoms with Crippen molar-refractivity contribution in [3.8, 4) is 0 Å². The van der Waals surface area contributed by atoms with E-state index in [1.54, 1.807) is 12.1 Å². The van der Waals surface area contributed by atoms with Crippen molar-refractivity contribution in [1.29, 1.82) is 0 Å². The molecule has 0 aliphatic rings. The van der Waals surface area contributed by atoms with Gasteiger partial charge in [-0.05, 0) is 12.1 Å². The first-order valence-electron chi connectivity index (χ1n) is 4.45. The molecule has 0 amide bonds. The van der Waals surface area contributed by atoms with Gasteiger partial charge in [0.1, 0.15) is 7.11 Å². The fraction of sp³-hybridized carbons (Fsp3) is 0.300. The second-order valence-electron chi connectivity index (χ2n) is 2.71. The van der Waals surface area contributed by atoms with Crippen LogP contribution in [0.2, 0.25) is 10.0 Å². The largest absolute Gasteiger partial charge is 0.399 e. The number of alkyl halides is 1. The molecule has 0 saturated carbocycles. The number of halogens is 4. The molecule has 1 aromatic carbocycles. The van der Waals surface area contributed by atoms with Crippen LogP contribution in [0.15, 0.2) is 23.4 Å². The Labute approximate surface area is 131 Å². The summed E-state index contributed by atoms with van der Waals surface area (Å²) in [5.41, 5.74) is 1.55. The van der Waals surface area contributed by atoms with Crippen molar-refractivity contribution in [1.82, 2.24) is 0 Å². The third kappa shape index (κ3) is 7.41. The first-order chi connectivity index (χ1) is 8.10. The van der Waals surface area contributed by atoms with Crippen molar-refractivity contribution in [2.45, 2.75) is 0 Å². The lowest BCUT2D eigenvalue weighted by atomic mass is 10.1. The summed E-state index contributed by atoms with van der Waals surface area (Å²) in [5, 5.41) is 5.58. The van der Waals surface area contributed by atoms with Gasteiger partial charge in [0.15, 0.2) is 0 Å². The molecule has 4 nitrogen and oxygen atoms in total. The van der Waals surface area contributed by atoms with E-state index in [1.165, 1.54) is 14.2 Å². The molecule has 1 rings (SSSR count). The molecule has 0 radical (unpaired) electrons. The fourth-order valence-electron chi connectivity index (χ4n) is 0.979. The van der Waals surface area contributed by atoms with Gasteiger partial charge in [-0.2, -0.15) is 0 Å². The molecule has 0 fully saturated rings. The Kier molecular flexibility index (Phi) is 13.5. The summed E-state index contributed by atoms with van der Waals surface area (Å²) in [6.07, 6.45) is 0. The van der Waals surface area contributed by atoms with Crippen LogP contribution in [0.25, 0.3) is 0 Å². The summed E-state index contributed by atoms with van der Waals surface area (Å²) in [6, 6.07) is 5.24. The van der Waals surface area contributed by atoms with Crippen molar-refractivity contribution in [3.63, 3.8) is 0 Å². The zero-order valence-electron chi connectivity index (χ0n) is 9.82. The van der Waals surface area contributed by atoms with Gasteiger partial charge < -0.3 is 9.68 Å². The predicted octanol–water partition coefficient (Wildman–Crippen LogP) is 3.67. The lowest BCUT2D eigenvalue weighted by molar-refractivity contribution is 0.206. The number of hydrogen-bond donors (Lipinski definition) is 1. The Hall–Kier alpha value is -0.0400. The summed E-state index contributed by atoms with van der Waals surface area (Å²) < 4.78 is 0. The third-order valence-electron chi connectivity index (χ3n) is 1.57. The standard InChI is InChI=1S/C9H8BrCl2NO.CH5NO.ClH/c1-14-13-9(5-10)7-3-2-6(11)4-8(7)12;1-3-2;/h2-4H,5H2,1H3;2H2,1H3;1H. The smallest absolute Gasteiger partial charge is 0.106 e. The number of hydrogen-bond acceptors (Lipinski definition) is 4. The lowest BCUT2D eigenvalue weighted by Crippen LogP contribution is -2.03. The van der Waals surface area contributed by atoms with Crippen molar-refractivity contribution in [2.24, 2.45) is 11.1 Å². The predicted molar refractivity (Wildman–Crippen MR) is 82.2 cm³/mol. The number of nitrogens with zero attached hydrogens (tertiary/aromatic N) is 1. The van der Waals surface area contributed by atoms with Crippen LogP contribution in [0.3, 0.4) is 0 Å². The average Bonchev–Trinajstić information content (AvgIpc) is 2.28. The molecule has 1 aromatic rings. The molecule has 18 heavy (non-hydrogen) atoms. The number of oxime groups is 1. The molecule has 0 aromatic heterocycles. The molecule has 0 saturated heterocycles. The van der Waals surface area contributed by atoms with Gasteiger partial charge in [0.2, 0.25) is 0 Å². The molecule has 0 spiro atoms. The van der Waals surface area contributed by atoms with Crippen molar-refractivity contribution in [2.75, 3.05) is 19.5 Å². The monoisotopic (exact) mass is 378 g/mol. The zero-order valence-corrected chi connectivity index (χ0v) is 13.7. The van der Waals surface area contributed by atoms with Gasteiger partial charge in [0, 0.05) is 15.9 Å². The molecule has 2 N–H and O–H groups in total. The maximum atomic E-state index is 6.00. The summed E-state index contributed by atoms with van der Waals surface area (Å²) in [4.78, 5) is 8.45. The Balaban J connectivity index is 0. The van der Waals surface area contributed by atoms with Crippen LogP contribution in [-0.4, -0.2) is 25.3 Å². The molecule has 0 bridgehead atoms. The van der Waals surface area contributed by atoms with Gasteiger partial charge in [-0.1, -0.05) is 50.4 Å². The highest BCUT2D eigenvalue weighted by Crippen LogP contribution is 2.22. The first-order valence-corrected chi connectivity index (χ1v) is 6.32. The lowest BCUT2D eigenvalue weighted by Gasteiger charge is -2.04. The van der Waals surface area contributed by atoms with Crippen LogP contribution in [0.1, 0.15) is 5.56 Å². The molecule has 0 heterocycles. The maximum Gasteiger partial charge on any atom is 0.106 e. The maximum absolute atomic E-state index is 6.00. The zero-order chi connectivity index (χ0) is 13.3. The summed E-state index contributed by atoms with van der Waals surface area (Å²) in [6.45, 7) is 0. The van der Waals surface area contributed by atoms with Crippen LogP contribution < -0.4 is 5.90 Å². The average molecular weight is 380 g/mol. The summed E-state index contributed by atoms with van der Waals surface area (Å²) >= 11 is 15.1. The van der Waals surface area contributed by atoms with Crippen LogP contribution in [-0.2, 0) is 9.68 Å². The minimum absolute atomic E-state index is 0. The number of rotatable bonds is 3. The Morgan fingerprint density at radius 3 is 2.33 bits per heavy atom. The first kappa shape index (κ1) is 20.3. The molecule has 0 atom stereocenters. The number of benzene rings is 1. The summed E-state index contributed by atoms with van der Waals surface area (Å²) in [7, 11) is 2.90. The van der Waals surface area contributed by atoms with Crippen LogP contribution in [0.5, 0.6) is 0 Å². The normalized spacial score (nSPS) is 10.0. The van der Waals surface area contributed by atoms with E-state index < -0.39 is 0 Å². The Morgan fingerprint density at radius 2 is 1.94 bits per heavy atom. The molecular weight excluding hydrogens is 366 g/mol. The Morgan fingerprint density at radius 1 is 1.39 bits per heavy atom. The second-order valence-corrected chi connectivity index (χ2v) is 4.12. The van der Waals surface area contributed by atoms with E-state index in [4.69, 9.17) is 28.0 Å². The van der Waals surface area contributed by atoms with E-state index in [0.717, 1.165) is 11.3 Å². The minimum Gasteiger partial charge on any atom is -0.399 e. The van der Waals surface area contributed by atoms with Crippen LogP contribution in [0, 0.1) is 0 Å². The van der Waals surface area contributed by atoms with Gasteiger partial charge in [0.25, 0.3) is 0 Å². The van der Waals surface area contributed by atoms with E-state index in [0.29, 0.717) is 15.4 Å². The second kappa shape index (κ2) is 12.0. The molecule has 0 aliphatic carbocycles. The van der Waals surface area contributed by atoms with Crippen LogP contribution >= 0.6 is 51.5 Å². The highest BCUT2D eigenvalue weighted by atomic mass is 79.9. The molecule has 0 aliphatic heterocycles. The molecular formula is C10H14BrCl3N2O2. The van der Waals surface area contributed by atoms with Gasteiger partial charge in [0.05, 0.1) is 17.8 Å². The quantitative estimate of drug-likeness (QED) is 0.495. The van der Waals surface area contributed by atoms with Gasteiger partial charge in [-0.25, -0.2) is 5.90 Å². The van der Waals surface area contributed by atoms with Crippen molar-refractivity contribution >= 4 is 57.3 Å². The van der Waals surface area contributed by atoms with Crippen LogP contribution in [0.4, 0.5) is 0 Å². The van der Waals surface area contributed by atoms with E-state index in [1.807, 2.05) is 6.07 Å². The molecule has 0 unspecified atom stereocenters. The van der Waals surface area contributed by atoms with Gasteiger partial charge >= 0.3 is 0 Å². The highest BCUT2D eigenvalue weighted by molar-refractivity contribution is 9.09. The SMILES string of the molecule is CON.CON=C(CBr)c1ccc(Cl)cc1Cl.Cl. The van der Waals surface area contributed by atoms with Crippen molar-refractivity contribution < 1.29 is 9.68 Å². The van der Waals surface area contributed by atoms with E-state index in [2.05, 4.69) is 31.8 Å². The third-order valence-corrected chi connectivity index (χ3v) is 2.65. The van der Waals surface area contributed by atoms with E-state index in [9.17, 15) is 0 Å². The molecule has 104 valence electrons. The topological polar surface area (TPSA) is 56.8 Å². The van der Waals surface area contributed by atoms with E-state index in [-0.39, 0.29) is 12.4 Å². The fourth-order valence-corrected chi connectivity index (χ4v) is 1.90. The van der Waals surface area contributed by atoms with Gasteiger partial charge in [-0.15, -0.1) is 12.4 Å². The van der Waals surface area contributed by atoms with E-state index >= 15 is 0 Å². The molecule has 8 heteroatoms. The Bertz CT molecular complexity index is 378.